The molecule has 1 atom stereocenters. The van der Waals surface area contributed by atoms with E-state index in [1.54, 1.807) is 24.3 Å². The van der Waals surface area contributed by atoms with Gasteiger partial charge in [0.25, 0.3) is 5.62 Å². The van der Waals surface area contributed by atoms with Crippen LogP contribution >= 0.6 is 0 Å². The van der Waals surface area contributed by atoms with E-state index in [-0.39, 0.29) is 5.62 Å². The number of benzene rings is 1. The summed E-state index contributed by atoms with van der Waals surface area (Å²) in [6.07, 6.45) is 2.63. The number of nitrogens with zero attached hydrogens (tertiary/aromatic N) is 3. The molecule has 0 amide bonds. The fourth-order valence-electron chi connectivity index (χ4n) is 3.34. The maximum absolute atomic E-state index is 12.0. The second-order valence-corrected chi connectivity index (χ2v) is 6.09. The van der Waals surface area contributed by atoms with Gasteiger partial charge in [0.15, 0.2) is 6.10 Å². The van der Waals surface area contributed by atoms with Crippen LogP contribution in [0.2, 0.25) is 0 Å². The van der Waals surface area contributed by atoms with Crippen LogP contribution in [0.25, 0.3) is 0 Å². The highest BCUT2D eigenvalue weighted by Gasteiger charge is 2.34. The first-order valence-electron chi connectivity index (χ1n) is 8.08. The fourth-order valence-corrected chi connectivity index (χ4v) is 3.34. The molecule has 1 aromatic carbocycles. The first-order chi connectivity index (χ1) is 11.6. The molecule has 4 rings (SSSR count). The molecule has 1 fully saturated rings. The van der Waals surface area contributed by atoms with Gasteiger partial charge in [-0.25, -0.2) is 4.79 Å². The van der Waals surface area contributed by atoms with Crippen molar-refractivity contribution in [3.8, 4) is 0 Å². The van der Waals surface area contributed by atoms with Crippen LogP contribution < -0.4 is 10.5 Å². The number of cyclic esters (lactones) is 1. The fraction of sp³-hybridized carbons (Fsp3) is 0.353. The molecule has 0 bridgehead atoms. The molecule has 7 heteroatoms. The number of carbonyl (C=O) groups excluding carboxylic acids is 1. The summed E-state index contributed by atoms with van der Waals surface area (Å²) < 4.78 is 6.13. The summed E-state index contributed by atoms with van der Waals surface area (Å²) in [5, 5.41) is 18.2. The molecule has 2 aromatic rings. The molecule has 2 aliphatic heterocycles. The van der Waals surface area contributed by atoms with Gasteiger partial charge in [-0.1, -0.05) is 18.2 Å². The summed E-state index contributed by atoms with van der Waals surface area (Å²) in [7, 11) is 0. The standard InChI is InChI=1S/C17H18N4O3/c18-17-19-14(20-8-4-1-5-9-20)10-13(21(17)23)15-11-6-2-3-7-12(11)16(22)24-15/h2-3,6-7,10,15,18,23H,1,4-5,8-9H2. The second-order valence-electron chi connectivity index (χ2n) is 6.09. The van der Waals surface area contributed by atoms with E-state index in [0.717, 1.165) is 25.9 Å². The van der Waals surface area contributed by atoms with E-state index in [4.69, 9.17) is 10.1 Å². The molecule has 24 heavy (non-hydrogen) atoms. The maximum atomic E-state index is 12.0. The minimum absolute atomic E-state index is 0.270. The zero-order chi connectivity index (χ0) is 16.7. The molecule has 124 valence electrons. The number of ether oxygens (including phenoxy) is 1. The summed E-state index contributed by atoms with van der Waals surface area (Å²) >= 11 is 0. The summed E-state index contributed by atoms with van der Waals surface area (Å²) in [5.74, 6) is 0.221. The van der Waals surface area contributed by atoms with Crippen molar-refractivity contribution >= 4 is 11.8 Å². The Morgan fingerprint density at radius 3 is 2.75 bits per heavy atom. The summed E-state index contributed by atoms with van der Waals surface area (Å²) in [4.78, 5) is 18.3. The van der Waals surface area contributed by atoms with Crippen LogP contribution in [0.1, 0.15) is 47.0 Å². The Labute approximate surface area is 138 Å². The quantitative estimate of drug-likeness (QED) is 0.649. The predicted molar refractivity (Wildman–Crippen MR) is 85.0 cm³/mol. The van der Waals surface area contributed by atoms with Crippen LogP contribution in [0, 0.1) is 5.41 Å². The molecular weight excluding hydrogens is 308 g/mol. The molecule has 7 nitrogen and oxygen atoms in total. The second kappa shape index (κ2) is 5.67. The Morgan fingerprint density at radius 1 is 1.21 bits per heavy atom. The molecule has 1 unspecified atom stereocenters. The lowest BCUT2D eigenvalue weighted by molar-refractivity contribution is 0.0393. The monoisotopic (exact) mass is 326 g/mol. The Bertz CT molecular complexity index is 855. The molecule has 0 aliphatic carbocycles. The highest BCUT2D eigenvalue weighted by atomic mass is 16.6. The van der Waals surface area contributed by atoms with E-state index in [2.05, 4.69) is 9.88 Å². The van der Waals surface area contributed by atoms with Gasteiger partial charge in [0.2, 0.25) is 0 Å². The van der Waals surface area contributed by atoms with Gasteiger partial charge in [0.1, 0.15) is 11.5 Å². The van der Waals surface area contributed by atoms with Crippen LogP contribution in [0.5, 0.6) is 0 Å². The number of aromatic nitrogens is 2. The largest absolute Gasteiger partial charge is 0.447 e. The molecule has 2 aliphatic rings. The summed E-state index contributed by atoms with van der Waals surface area (Å²) in [5.41, 5.74) is 1.26. The topological polar surface area (TPSA) is 91.4 Å². The van der Waals surface area contributed by atoms with E-state index in [0.29, 0.717) is 27.4 Å². The van der Waals surface area contributed by atoms with Crippen molar-refractivity contribution in [3.63, 3.8) is 0 Å². The van der Waals surface area contributed by atoms with Crippen LogP contribution in [0.15, 0.2) is 30.3 Å². The third-order valence-corrected chi connectivity index (χ3v) is 4.58. The number of fused-ring (bicyclic) bond motifs is 1. The first-order valence-corrected chi connectivity index (χ1v) is 8.08. The molecule has 0 radical (unpaired) electrons. The number of rotatable bonds is 2. The summed E-state index contributed by atoms with van der Waals surface area (Å²) in [6.45, 7) is 1.75. The number of esters is 1. The van der Waals surface area contributed by atoms with Crippen molar-refractivity contribution in [3.05, 3.63) is 52.8 Å². The van der Waals surface area contributed by atoms with Gasteiger partial charge in [-0.3, -0.25) is 5.41 Å². The first kappa shape index (κ1) is 14.7. The van der Waals surface area contributed by atoms with Crippen molar-refractivity contribution < 1.29 is 14.7 Å². The predicted octanol–water partition coefficient (Wildman–Crippen LogP) is 1.85. The Balaban J connectivity index is 1.80. The maximum Gasteiger partial charge on any atom is 0.339 e. The van der Waals surface area contributed by atoms with Crippen molar-refractivity contribution in [2.24, 2.45) is 0 Å². The third-order valence-electron chi connectivity index (χ3n) is 4.58. The van der Waals surface area contributed by atoms with Gasteiger partial charge < -0.3 is 14.8 Å². The molecule has 1 saturated heterocycles. The minimum Gasteiger partial charge on any atom is -0.447 e. The Hall–Kier alpha value is -2.83. The highest BCUT2D eigenvalue weighted by Crippen LogP contribution is 2.35. The number of hydrogen-bond donors (Lipinski definition) is 2. The third kappa shape index (κ3) is 2.33. The number of nitrogens with one attached hydrogen (secondary N) is 1. The van der Waals surface area contributed by atoms with Gasteiger partial charge in [0, 0.05) is 24.7 Å². The normalized spacial score (nSPS) is 19.9. The zero-order valence-electron chi connectivity index (χ0n) is 13.1. The van der Waals surface area contributed by atoms with Gasteiger partial charge >= 0.3 is 5.97 Å². The zero-order valence-corrected chi connectivity index (χ0v) is 13.1. The van der Waals surface area contributed by atoms with E-state index in [9.17, 15) is 10.0 Å². The van der Waals surface area contributed by atoms with Crippen molar-refractivity contribution in [1.29, 1.82) is 5.41 Å². The van der Waals surface area contributed by atoms with Crippen LogP contribution in [0.3, 0.4) is 0 Å². The number of piperidine rings is 1. The number of carbonyl (C=O) groups is 1. The smallest absolute Gasteiger partial charge is 0.339 e. The molecule has 0 saturated carbocycles. The van der Waals surface area contributed by atoms with Crippen molar-refractivity contribution in [2.45, 2.75) is 25.4 Å². The highest BCUT2D eigenvalue weighted by molar-refractivity contribution is 5.94. The van der Waals surface area contributed by atoms with E-state index >= 15 is 0 Å². The lowest BCUT2D eigenvalue weighted by Crippen LogP contribution is -2.34. The SMILES string of the molecule is N=c1nc(N2CCCCC2)cc(C2OC(=O)c3ccccc32)n1O. The average Bonchev–Trinajstić information content (AvgIpc) is 2.95. The van der Waals surface area contributed by atoms with Gasteiger partial charge in [-0.05, 0) is 25.3 Å². The van der Waals surface area contributed by atoms with Gasteiger partial charge in [-0.2, -0.15) is 9.71 Å². The average molecular weight is 326 g/mol. The van der Waals surface area contributed by atoms with Gasteiger partial charge in [-0.15, -0.1) is 0 Å². The van der Waals surface area contributed by atoms with E-state index < -0.39 is 12.1 Å². The van der Waals surface area contributed by atoms with Crippen molar-refractivity contribution in [1.82, 2.24) is 9.71 Å². The molecular formula is C17H18N4O3. The molecule has 1 aromatic heterocycles. The minimum atomic E-state index is -0.727. The Kier molecular flexibility index (Phi) is 3.48. The lowest BCUT2D eigenvalue weighted by atomic mass is 10.0. The van der Waals surface area contributed by atoms with E-state index in [1.165, 1.54) is 6.42 Å². The molecule has 0 spiro atoms. The van der Waals surface area contributed by atoms with E-state index in [1.807, 2.05) is 6.07 Å². The van der Waals surface area contributed by atoms with Crippen LogP contribution in [-0.4, -0.2) is 34.0 Å². The van der Waals surface area contributed by atoms with Gasteiger partial charge in [0.05, 0.1) is 5.56 Å². The Morgan fingerprint density at radius 2 is 1.96 bits per heavy atom. The van der Waals surface area contributed by atoms with Crippen LogP contribution in [0.4, 0.5) is 5.82 Å². The number of hydrogen-bond acceptors (Lipinski definition) is 6. The summed E-state index contributed by atoms with van der Waals surface area (Å²) in [6, 6.07) is 8.81. The lowest BCUT2D eigenvalue weighted by Gasteiger charge is -2.28. The molecule has 2 N–H and O–H groups in total. The molecule has 3 heterocycles. The number of anilines is 1. The van der Waals surface area contributed by atoms with Crippen molar-refractivity contribution in [2.75, 3.05) is 18.0 Å². The van der Waals surface area contributed by atoms with Crippen LogP contribution in [-0.2, 0) is 4.74 Å².